The quantitative estimate of drug-likeness (QED) is 0.413. The van der Waals surface area contributed by atoms with E-state index in [2.05, 4.69) is 20.5 Å². The van der Waals surface area contributed by atoms with Crippen molar-refractivity contribution in [1.29, 1.82) is 0 Å². The number of halogens is 1. The van der Waals surface area contributed by atoms with Crippen LogP contribution in [0.2, 0.25) is 0 Å². The van der Waals surface area contributed by atoms with Gasteiger partial charge in [-0.25, -0.2) is 9.37 Å². The van der Waals surface area contributed by atoms with Gasteiger partial charge in [-0.05, 0) is 49.2 Å². The summed E-state index contributed by atoms with van der Waals surface area (Å²) in [5, 5.41) is 5.86. The van der Waals surface area contributed by atoms with Crippen LogP contribution in [0.5, 0.6) is 11.5 Å². The van der Waals surface area contributed by atoms with E-state index in [1.54, 1.807) is 25.2 Å². The fourth-order valence-corrected chi connectivity index (χ4v) is 4.14. The van der Waals surface area contributed by atoms with Crippen molar-refractivity contribution in [2.45, 2.75) is 12.8 Å². The van der Waals surface area contributed by atoms with Gasteiger partial charge in [-0.15, -0.1) is 0 Å². The summed E-state index contributed by atoms with van der Waals surface area (Å²) >= 11 is 0. The summed E-state index contributed by atoms with van der Waals surface area (Å²) in [6.07, 6.45) is 3.69. The van der Waals surface area contributed by atoms with Crippen LogP contribution >= 0.6 is 0 Å². The summed E-state index contributed by atoms with van der Waals surface area (Å²) in [5.74, 6) is 1.23. The molecule has 0 aliphatic carbocycles. The van der Waals surface area contributed by atoms with Gasteiger partial charge >= 0.3 is 0 Å². The van der Waals surface area contributed by atoms with Gasteiger partial charge in [0.25, 0.3) is 5.91 Å². The van der Waals surface area contributed by atoms with E-state index in [4.69, 9.17) is 9.72 Å². The summed E-state index contributed by atoms with van der Waals surface area (Å²) in [4.78, 5) is 22.7. The molecule has 2 aromatic carbocycles. The maximum Gasteiger partial charge on any atom is 0.269 e. The van der Waals surface area contributed by atoms with E-state index < -0.39 is 0 Å². The first-order valence-electron chi connectivity index (χ1n) is 11.2. The van der Waals surface area contributed by atoms with E-state index in [1.165, 1.54) is 12.3 Å². The van der Waals surface area contributed by atoms with Crippen molar-refractivity contribution >= 4 is 34.3 Å². The van der Waals surface area contributed by atoms with Gasteiger partial charge in [-0.3, -0.25) is 9.78 Å². The summed E-state index contributed by atoms with van der Waals surface area (Å²) in [5.41, 5.74) is 3.32. The van der Waals surface area contributed by atoms with Crippen molar-refractivity contribution in [2.24, 2.45) is 7.05 Å². The fraction of sp³-hybridized carbons (Fsp3) is 0.240. The zero-order valence-electron chi connectivity index (χ0n) is 19.0. The lowest BCUT2D eigenvalue weighted by Crippen LogP contribution is -2.19. The van der Waals surface area contributed by atoms with Crippen LogP contribution in [0.4, 0.5) is 21.7 Å². The molecule has 3 heterocycles. The normalized spacial score (nSPS) is 13.3. The van der Waals surface area contributed by atoms with Gasteiger partial charge in [0, 0.05) is 54.1 Å². The van der Waals surface area contributed by atoms with E-state index in [0.717, 1.165) is 42.7 Å². The highest BCUT2D eigenvalue weighted by atomic mass is 19.1. The highest BCUT2D eigenvalue weighted by Crippen LogP contribution is 2.31. The first-order valence-corrected chi connectivity index (χ1v) is 11.2. The highest BCUT2D eigenvalue weighted by molar-refractivity contribution is 5.92. The molecule has 5 rings (SSSR count). The van der Waals surface area contributed by atoms with Crippen LogP contribution in [0.1, 0.15) is 26.2 Å². The Morgan fingerprint density at radius 3 is 2.68 bits per heavy atom. The highest BCUT2D eigenvalue weighted by Gasteiger charge is 2.17. The van der Waals surface area contributed by atoms with Crippen LogP contribution in [0, 0.1) is 5.82 Å². The van der Waals surface area contributed by atoms with E-state index in [0.29, 0.717) is 23.1 Å². The number of carbonyl (C=O) groups is 1. The first kappa shape index (κ1) is 21.7. The smallest absolute Gasteiger partial charge is 0.269 e. The molecule has 1 amide bonds. The van der Waals surface area contributed by atoms with Gasteiger partial charge in [-0.1, -0.05) is 0 Å². The van der Waals surface area contributed by atoms with Gasteiger partial charge < -0.3 is 24.8 Å². The molecule has 1 fully saturated rings. The lowest BCUT2D eigenvalue weighted by molar-refractivity contribution is 0.0958. The number of amides is 1. The molecular formula is C25H29FN6O2. The number of imidazole rings is 1. The number of nitrogens with one attached hydrogen (secondary N) is 2. The maximum absolute atomic E-state index is 14.4. The largest absolute Gasteiger partial charge is 0.457 e. The average molecular weight is 465 g/mol. The van der Waals surface area contributed by atoms with Crippen LogP contribution in [0.25, 0.3) is 11.0 Å². The molecule has 1 aliphatic heterocycles. The van der Waals surface area contributed by atoms with Crippen molar-refractivity contribution in [3.8, 4) is 11.5 Å². The van der Waals surface area contributed by atoms with Crippen molar-refractivity contribution < 1.29 is 16.8 Å². The molecule has 9 heteroatoms. The number of carbonyl (C=O) groups excluding carboxylic acids is 1. The van der Waals surface area contributed by atoms with E-state index in [1.807, 2.05) is 35.9 Å². The number of hydrogen-bond donors (Lipinski definition) is 2. The van der Waals surface area contributed by atoms with Crippen LogP contribution in [0.3, 0.4) is 0 Å². The number of aryl methyl sites for hydroxylation is 1. The third kappa shape index (κ3) is 4.24. The second kappa shape index (κ2) is 9.01. The Hall–Kier alpha value is -4.14. The topological polar surface area (TPSA) is 84.3 Å². The Bertz CT molecular complexity index is 1370. The molecule has 8 nitrogen and oxygen atoms in total. The second-order valence-electron chi connectivity index (χ2n) is 8.19. The van der Waals surface area contributed by atoms with Crippen molar-refractivity contribution in [1.82, 2.24) is 19.9 Å². The van der Waals surface area contributed by atoms with E-state index >= 15 is 0 Å². The lowest BCUT2D eigenvalue weighted by Gasteiger charge is -2.19. The molecule has 2 aromatic heterocycles. The minimum absolute atomic E-state index is 0. The third-order valence-corrected chi connectivity index (χ3v) is 5.93. The van der Waals surface area contributed by atoms with Gasteiger partial charge in [0.15, 0.2) is 0 Å². The number of rotatable bonds is 6. The van der Waals surface area contributed by atoms with Crippen LogP contribution in [-0.4, -0.2) is 40.6 Å². The summed E-state index contributed by atoms with van der Waals surface area (Å²) in [6, 6.07) is 13.9. The van der Waals surface area contributed by atoms with Crippen LogP contribution < -0.4 is 20.3 Å². The van der Waals surface area contributed by atoms with Crippen LogP contribution in [-0.2, 0) is 7.05 Å². The average Bonchev–Trinajstić information content (AvgIpc) is 3.48. The summed E-state index contributed by atoms with van der Waals surface area (Å²) in [7, 11) is 3.47. The Kier molecular flexibility index (Phi) is 5.75. The van der Waals surface area contributed by atoms with Crippen molar-refractivity contribution in [2.75, 3.05) is 30.4 Å². The van der Waals surface area contributed by atoms with Gasteiger partial charge in [-0.2, -0.15) is 0 Å². The predicted octanol–water partition coefficient (Wildman–Crippen LogP) is 5.10. The van der Waals surface area contributed by atoms with E-state index in [9.17, 15) is 9.18 Å². The zero-order valence-corrected chi connectivity index (χ0v) is 19.0. The first-order chi connectivity index (χ1) is 16.5. The molecular weight excluding hydrogens is 435 g/mol. The number of benzene rings is 2. The second-order valence-corrected chi connectivity index (χ2v) is 8.19. The molecule has 0 spiro atoms. The number of fused-ring (bicyclic) bond motifs is 1. The van der Waals surface area contributed by atoms with Crippen LogP contribution in [0.15, 0.2) is 54.7 Å². The van der Waals surface area contributed by atoms with Gasteiger partial charge in [0.1, 0.15) is 23.0 Å². The molecule has 2 N–H and O–H groups in total. The molecule has 0 radical (unpaired) electrons. The molecule has 0 bridgehead atoms. The maximum atomic E-state index is 14.4. The summed E-state index contributed by atoms with van der Waals surface area (Å²) in [6.45, 7) is 1.75. The fourth-order valence-electron chi connectivity index (χ4n) is 4.14. The third-order valence-electron chi connectivity index (χ3n) is 5.93. The van der Waals surface area contributed by atoms with Crippen molar-refractivity contribution in [3.63, 3.8) is 0 Å². The van der Waals surface area contributed by atoms with E-state index in [-0.39, 0.29) is 20.3 Å². The Morgan fingerprint density at radius 1 is 1.09 bits per heavy atom. The number of hydrogen-bond acceptors (Lipinski definition) is 6. The standard InChI is InChI=1S/C25H25FN6O2.2H2/c1-27-24(33)21-15-18(9-10-28-21)34-17-6-8-22-20(14-17)30-25(31(22)2)29-16-5-7-19(26)23(13-16)32-11-3-4-12-32;;/h5-10,13-15H,3-4,11-12H2,1-2H3,(H,27,33)(H,29,30);2*1H. The molecule has 1 saturated heterocycles. The molecule has 1 aliphatic rings. The number of anilines is 3. The zero-order chi connectivity index (χ0) is 23.7. The Labute approximate surface area is 199 Å². The Morgan fingerprint density at radius 2 is 1.88 bits per heavy atom. The number of pyridine rings is 1. The molecule has 0 saturated carbocycles. The Balaban J connectivity index is 0.00000180. The number of ether oxygens (including phenoxy) is 1. The van der Waals surface area contributed by atoms with Gasteiger partial charge in [0.05, 0.1) is 16.7 Å². The monoisotopic (exact) mass is 464 g/mol. The number of aromatic nitrogens is 3. The summed E-state index contributed by atoms with van der Waals surface area (Å²) < 4.78 is 22.3. The SMILES string of the molecule is CNC(=O)c1cc(Oc2ccc3c(c2)nc(Nc2ccc(F)c(N4CCCC4)c2)n3C)ccn1.[HH].[HH]. The minimum Gasteiger partial charge on any atom is -0.457 e. The molecule has 4 aromatic rings. The predicted molar refractivity (Wildman–Crippen MR) is 134 cm³/mol. The number of nitrogens with zero attached hydrogens (tertiary/aromatic N) is 4. The minimum atomic E-state index is -0.282. The molecule has 178 valence electrons. The molecule has 0 unspecified atom stereocenters. The van der Waals surface area contributed by atoms with Crippen molar-refractivity contribution in [3.05, 3.63) is 66.2 Å². The molecule has 34 heavy (non-hydrogen) atoms. The van der Waals surface area contributed by atoms with Gasteiger partial charge in [0.2, 0.25) is 5.95 Å². The molecule has 0 atom stereocenters. The lowest BCUT2D eigenvalue weighted by atomic mass is 10.2.